The first-order chi connectivity index (χ1) is 14.3. The zero-order valence-corrected chi connectivity index (χ0v) is 15.5. The highest BCUT2D eigenvalue weighted by molar-refractivity contribution is 5.97. The second-order valence-corrected chi connectivity index (χ2v) is 6.63. The lowest BCUT2D eigenvalue weighted by molar-refractivity contribution is 0.172. The van der Waals surface area contributed by atoms with Crippen LogP contribution in [-0.4, -0.2) is 18.2 Å². The molecular weight excluding hydrogens is 364 g/mol. The molecule has 5 rings (SSSR count). The topological polar surface area (TPSA) is 64.4 Å². The molecule has 0 amide bonds. The fourth-order valence-corrected chi connectivity index (χ4v) is 3.37. The predicted molar refractivity (Wildman–Crippen MR) is 109 cm³/mol. The van der Waals surface area contributed by atoms with Gasteiger partial charge in [0, 0.05) is 17.5 Å². The van der Waals surface area contributed by atoms with Crippen LogP contribution in [0.15, 0.2) is 72.8 Å². The Labute approximate surface area is 167 Å². The fraction of sp³-hybridized carbons (Fsp3) is 0.0833. The second kappa shape index (κ2) is 7.17. The molecule has 0 saturated heterocycles. The molecule has 0 atom stereocenters. The largest absolute Gasteiger partial charge is 0.486 e. The van der Waals surface area contributed by atoms with Crippen molar-refractivity contribution in [3.8, 4) is 40.3 Å². The van der Waals surface area contributed by atoms with Crippen molar-refractivity contribution in [2.24, 2.45) is 0 Å². The molecule has 2 heterocycles. The molecule has 1 aromatic heterocycles. The predicted octanol–water partition coefficient (Wildman–Crippen LogP) is 5.34. The first-order valence-electron chi connectivity index (χ1n) is 9.28. The molecule has 29 heavy (non-hydrogen) atoms. The average molecular weight is 380 g/mol. The first-order valence-corrected chi connectivity index (χ1v) is 9.28. The summed E-state index contributed by atoms with van der Waals surface area (Å²) in [5.74, 6) is 2.50. The number of fused-ring (bicyclic) bond motifs is 2. The minimum atomic E-state index is 0.470. The Hall–Kier alpha value is -4.04. The van der Waals surface area contributed by atoms with E-state index >= 15 is 0 Å². The van der Waals surface area contributed by atoms with E-state index in [-0.39, 0.29) is 0 Å². The molecule has 0 radical (unpaired) electrons. The lowest BCUT2D eigenvalue weighted by Gasteiger charge is -2.20. The molecule has 1 aliphatic rings. The van der Waals surface area contributed by atoms with E-state index in [0.717, 1.165) is 27.8 Å². The van der Waals surface area contributed by atoms with Gasteiger partial charge in [-0.05, 0) is 41.5 Å². The zero-order valence-electron chi connectivity index (χ0n) is 15.5. The summed E-state index contributed by atoms with van der Waals surface area (Å²) in [6.45, 7) is 1.05. The van der Waals surface area contributed by atoms with Gasteiger partial charge in [-0.3, -0.25) is 0 Å². The van der Waals surface area contributed by atoms with E-state index in [2.05, 4.69) is 23.2 Å². The molecule has 0 unspecified atom stereocenters. The molecule has 5 heteroatoms. The zero-order chi connectivity index (χ0) is 19.6. The molecule has 0 aliphatic carbocycles. The molecule has 0 saturated carbocycles. The van der Waals surface area contributed by atoms with Gasteiger partial charge in [-0.15, -0.1) is 0 Å². The summed E-state index contributed by atoms with van der Waals surface area (Å²) in [6, 6.07) is 24.9. The third kappa shape index (κ3) is 3.32. The second-order valence-electron chi connectivity index (χ2n) is 6.63. The van der Waals surface area contributed by atoms with Gasteiger partial charge >= 0.3 is 0 Å². The standard InChI is InChI=1S/C24H16N2O3/c25-15-16-6-8-18(9-7-16)29-24-13-19(17-4-2-1-3-5-17)20-12-22-23(14-21(20)26-24)28-11-10-27-22/h1-9,12-14H,10-11H2. The van der Waals surface area contributed by atoms with Crippen LogP contribution in [0.3, 0.4) is 0 Å². The third-order valence-electron chi connectivity index (χ3n) is 4.74. The molecule has 4 aromatic rings. The van der Waals surface area contributed by atoms with Gasteiger partial charge in [0.2, 0.25) is 5.88 Å². The van der Waals surface area contributed by atoms with E-state index in [4.69, 9.17) is 19.5 Å². The van der Waals surface area contributed by atoms with Crippen LogP contribution < -0.4 is 14.2 Å². The monoisotopic (exact) mass is 380 g/mol. The molecule has 3 aromatic carbocycles. The van der Waals surface area contributed by atoms with E-state index in [9.17, 15) is 0 Å². The number of rotatable bonds is 3. The van der Waals surface area contributed by atoms with Gasteiger partial charge in [0.15, 0.2) is 11.5 Å². The van der Waals surface area contributed by atoms with Crippen molar-refractivity contribution in [2.75, 3.05) is 13.2 Å². The van der Waals surface area contributed by atoms with E-state index in [0.29, 0.717) is 36.2 Å². The van der Waals surface area contributed by atoms with Crippen LogP contribution in [0, 0.1) is 11.3 Å². The Kier molecular flexibility index (Phi) is 4.23. The molecule has 0 bridgehead atoms. The molecule has 140 valence electrons. The SMILES string of the molecule is N#Cc1ccc(Oc2cc(-c3ccccc3)c3cc4c(cc3n2)OCCO4)cc1. The van der Waals surface area contributed by atoms with E-state index in [1.165, 1.54) is 0 Å². The van der Waals surface area contributed by atoms with Crippen LogP contribution in [-0.2, 0) is 0 Å². The number of hydrogen-bond acceptors (Lipinski definition) is 5. The fourth-order valence-electron chi connectivity index (χ4n) is 3.37. The quantitative estimate of drug-likeness (QED) is 0.480. The van der Waals surface area contributed by atoms with Gasteiger partial charge in [0.1, 0.15) is 19.0 Å². The Morgan fingerprint density at radius 1 is 0.862 bits per heavy atom. The van der Waals surface area contributed by atoms with Gasteiger partial charge in [-0.25, -0.2) is 4.98 Å². The van der Waals surface area contributed by atoms with Crippen molar-refractivity contribution < 1.29 is 14.2 Å². The number of aromatic nitrogens is 1. The van der Waals surface area contributed by atoms with Crippen molar-refractivity contribution in [3.05, 3.63) is 78.4 Å². The summed E-state index contributed by atoms with van der Waals surface area (Å²) in [5.41, 5.74) is 3.40. The molecule has 0 spiro atoms. The van der Waals surface area contributed by atoms with E-state index in [1.54, 1.807) is 24.3 Å². The summed E-state index contributed by atoms with van der Waals surface area (Å²) in [5, 5.41) is 9.94. The van der Waals surface area contributed by atoms with Crippen LogP contribution >= 0.6 is 0 Å². The lowest BCUT2D eigenvalue weighted by Crippen LogP contribution is -2.15. The summed E-state index contributed by atoms with van der Waals surface area (Å²) < 4.78 is 17.5. The van der Waals surface area contributed by atoms with E-state index in [1.807, 2.05) is 36.4 Å². The van der Waals surface area contributed by atoms with Crippen molar-refractivity contribution in [3.63, 3.8) is 0 Å². The lowest BCUT2D eigenvalue weighted by atomic mass is 10.0. The molecule has 1 aliphatic heterocycles. The van der Waals surface area contributed by atoms with Gasteiger partial charge in [0.05, 0.1) is 17.1 Å². The highest BCUT2D eigenvalue weighted by atomic mass is 16.6. The van der Waals surface area contributed by atoms with Gasteiger partial charge < -0.3 is 14.2 Å². The van der Waals surface area contributed by atoms with Crippen molar-refractivity contribution in [2.45, 2.75) is 0 Å². The summed E-state index contributed by atoms with van der Waals surface area (Å²) in [6.07, 6.45) is 0. The third-order valence-corrected chi connectivity index (χ3v) is 4.74. The number of pyridine rings is 1. The van der Waals surface area contributed by atoms with Crippen LogP contribution in [0.25, 0.3) is 22.0 Å². The van der Waals surface area contributed by atoms with Crippen molar-refractivity contribution >= 4 is 10.9 Å². The molecular formula is C24H16N2O3. The number of nitrogens with zero attached hydrogens (tertiary/aromatic N) is 2. The smallest absolute Gasteiger partial charge is 0.220 e. The summed E-state index contributed by atoms with van der Waals surface area (Å²) in [4.78, 5) is 4.68. The average Bonchev–Trinajstić information content (AvgIpc) is 2.78. The maximum Gasteiger partial charge on any atom is 0.220 e. The Bertz CT molecular complexity index is 1230. The number of benzene rings is 3. The summed E-state index contributed by atoms with van der Waals surface area (Å²) >= 11 is 0. The van der Waals surface area contributed by atoms with Crippen molar-refractivity contribution in [1.82, 2.24) is 4.98 Å². The highest BCUT2D eigenvalue weighted by Gasteiger charge is 2.17. The van der Waals surface area contributed by atoms with Gasteiger partial charge in [-0.2, -0.15) is 5.26 Å². The van der Waals surface area contributed by atoms with Gasteiger partial charge in [-0.1, -0.05) is 30.3 Å². The Balaban J connectivity index is 1.65. The van der Waals surface area contributed by atoms with Crippen LogP contribution in [0.4, 0.5) is 0 Å². The highest BCUT2D eigenvalue weighted by Crippen LogP contribution is 2.39. The van der Waals surface area contributed by atoms with Gasteiger partial charge in [0.25, 0.3) is 0 Å². The number of nitriles is 1. The Morgan fingerprint density at radius 2 is 1.59 bits per heavy atom. The van der Waals surface area contributed by atoms with Crippen LogP contribution in [0.5, 0.6) is 23.1 Å². The minimum Gasteiger partial charge on any atom is -0.486 e. The van der Waals surface area contributed by atoms with E-state index < -0.39 is 0 Å². The number of hydrogen-bond donors (Lipinski definition) is 0. The number of ether oxygens (including phenoxy) is 3. The molecule has 0 fully saturated rings. The molecule has 5 nitrogen and oxygen atoms in total. The molecule has 0 N–H and O–H groups in total. The minimum absolute atomic E-state index is 0.470. The first kappa shape index (κ1) is 17.1. The maximum absolute atomic E-state index is 8.97. The summed E-state index contributed by atoms with van der Waals surface area (Å²) in [7, 11) is 0. The van der Waals surface area contributed by atoms with Crippen LogP contribution in [0.2, 0.25) is 0 Å². The van der Waals surface area contributed by atoms with Crippen molar-refractivity contribution in [1.29, 1.82) is 5.26 Å². The maximum atomic E-state index is 8.97. The normalized spacial score (nSPS) is 12.4. The Morgan fingerprint density at radius 3 is 2.31 bits per heavy atom. The van der Waals surface area contributed by atoms with Crippen LogP contribution in [0.1, 0.15) is 5.56 Å².